The monoisotopic (exact) mass is 1040 g/mol. The van der Waals surface area contributed by atoms with Crippen molar-refractivity contribution in [3.05, 3.63) is 281 Å². The number of anilines is 2. The quantitative estimate of drug-likeness (QED) is 0.0927. The molecule has 0 aliphatic heterocycles. The normalized spacial score (nSPS) is 13.5. The predicted octanol–water partition coefficient (Wildman–Crippen LogP) is 23.9. The lowest BCUT2D eigenvalue weighted by Gasteiger charge is -2.34. The second kappa shape index (κ2) is 33.6. The summed E-state index contributed by atoms with van der Waals surface area (Å²) in [5.41, 5.74) is 25.1. The Kier molecular flexibility index (Phi) is 28.7. The van der Waals surface area contributed by atoms with Crippen LogP contribution in [-0.2, 0) is 5.41 Å². The van der Waals surface area contributed by atoms with E-state index in [1.54, 1.807) is 0 Å². The van der Waals surface area contributed by atoms with Crippen molar-refractivity contribution < 1.29 is 0 Å². The van der Waals surface area contributed by atoms with Crippen LogP contribution in [0.2, 0.25) is 0 Å². The molecule has 0 fully saturated rings. The molecular formula is C77H97N. The molecule has 410 valence electrons. The number of hydrogen-bond acceptors (Lipinski definition) is 1. The topological polar surface area (TPSA) is 3.24 Å². The molecule has 0 saturated heterocycles. The third kappa shape index (κ3) is 15.4. The first-order valence-corrected chi connectivity index (χ1v) is 28.5. The molecule has 0 spiro atoms. The minimum atomic E-state index is -0.385. The summed E-state index contributed by atoms with van der Waals surface area (Å²) in [6, 6.07) is 41.7. The first-order valence-electron chi connectivity index (χ1n) is 28.5. The second-order valence-electron chi connectivity index (χ2n) is 19.1. The van der Waals surface area contributed by atoms with Gasteiger partial charge < -0.3 is 4.90 Å². The zero-order valence-corrected chi connectivity index (χ0v) is 51.6. The van der Waals surface area contributed by atoms with E-state index in [2.05, 4.69) is 260 Å². The van der Waals surface area contributed by atoms with Crippen molar-refractivity contribution in [2.24, 2.45) is 0 Å². The molecule has 0 saturated carbocycles. The van der Waals surface area contributed by atoms with Crippen molar-refractivity contribution in [1.29, 1.82) is 0 Å². The third-order valence-electron chi connectivity index (χ3n) is 13.9. The first-order chi connectivity index (χ1) is 37.6. The van der Waals surface area contributed by atoms with Crippen LogP contribution in [0.25, 0.3) is 40.0 Å². The molecule has 0 heterocycles. The molecule has 1 nitrogen and oxygen atoms in total. The molecule has 1 aliphatic carbocycles. The molecule has 7 rings (SSSR count). The van der Waals surface area contributed by atoms with Gasteiger partial charge in [-0.1, -0.05) is 264 Å². The Labute approximate surface area is 477 Å². The van der Waals surface area contributed by atoms with Gasteiger partial charge in [-0.15, -0.1) is 0 Å². The van der Waals surface area contributed by atoms with E-state index in [1.165, 1.54) is 89.0 Å². The fourth-order valence-electron chi connectivity index (χ4n) is 10.4. The lowest BCUT2D eigenvalue weighted by molar-refractivity contribution is 0.713. The third-order valence-corrected chi connectivity index (χ3v) is 13.9. The fraction of sp³-hybridized carbons (Fsp3) is 0.273. The highest BCUT2D eigenvalue weighted by atomic mass is 15.2. The average Bonchev–Trinajstić information content (AvgIpc) is 3.89. The average molecular weight is 1040 g/mol. The van der Waals surface area contributed by atoms with Crippen LogP contribution in [0.3, 0.4) is 0 Å². The molecule has 0 aromatic heterocycles. The van der Waals surface area contributed by atoms with Gasteiger partial charge in [0.1, 0.15) is 0 Å². The maximum absolute atomic E-state index is 4.37. The van der Waals surface area contributed by atoms with Crippen molar-refractivity contribution in [3.63, 3.8) is 0 Å². The molecule has 6 aromatic carbocycles. The molecule has 6 aromatic rings. The van der Waals surface area contributed by atoms with Crippen LogP contribution >= 0.6 is 0 Å². The van der Waals surface area contributed by atoms with Crippen molar-refractivity contribution in [2.45, 2.75) is 142 Å². The van der Waals surface area contributed by atoms with Gasteiger partial charge in [0.2, 0.25) is 0 Å². The van der Waals surface area contributed by atoms with Gasteiger partial charge in [-0.05, 0) is 182 Å². The van der Waals surface area contributed by atoms with Crippen LogP contribution in [0.4, 0.5) is 11.4 Å². The zero-order chi connectivity index (χ0) is 58.7. The second-order valence-corrected chi connectivity index (χ2v) is 19.1. The van der Waals surface area contributed by atoms with E-state index in [0.717, 1.165) is 34.6 Å². The van der Waals surface area contributed by atoms with Crippen LogP contribution in [0.15, 0.2) is 220 Å². The van der Waals surface area contributed by atoms with Crippen molar-refractivity contribution >= 4 is 29.1 Å². The summed E-state index contributed by atoms with van der Waals surface area (Å²) < 4.78 is 0. The van der Waals surface area contributed by atoms with E-state index in [1.807, 2.05) is 84.9 Å². The van der Waals surface area contributed by atoms with E-state index in [4.69, 9.17) is 0 Å². The van der Waals surface area contributed by atoms with E-state index in [0.29, 0.717) is 5.92 Å². The summed E-state index contributed by atoms with van der Waals surface area (Å²) in [5.74, 6) is 0.527. The van der Waals surface area contributed by atoms with Gasteiger partial charge in [0.15, 0.2) is 0 Å². The molecule has 0 N–H and O–H groups in total. The number of benzene rings is 6. The minimum absolute atomic E-state index is 0.385. The van der Waals surface area contributed by atoms with Gasteiger partial charge in [0.25, 0.3) is 0 Å². The van der Waals surface area contributed by atoms with Crippen molar-refractivity contribution in [1.82, 2.24) is 0 Å². The maximum Gasteiger partial charge on any atom is 0.0543 e. The Morgan fingerprint density at radius 1 is 0.603 bits per heavy atom. The summed E-state index contributed by atoms with van der Waals surface area (Å²) in [5, 5.41) is 0. The summed E-state index contributed by atoms with van der Waals surface area (Å²) >= 11 is 0. The lowest BCUT2D eigenvalue weighted by Crippen LogP contribution is -2.24. The van der Waals surface area contributed by atoms with Gasteiger partial charge in [-0.2, -0.15) is 0 Å². The van der Waals surface area contributed by atoms with Crippen LogP contribution in [0, 0.1) is 27.7 Å². The Balaban J connectivity index is 0.000000535. The molecule has 78 heavy (non-hydrogen) atoms. The van der Waals surface area contributed by atoms with Gasteiger partial charge in [-0.25, -0.2) is 0 Å². The minimum Gasteiger partial charge on any atom is -0.310 e. The number of aryl methyl sites for hydroxylation is 3. The van der Waals surface area contributed by atoms with Gasteiger partial charge in [0, 0.05) is 22.4 Å². The van der Waals surface area contributed by atoms with Gasteiger partial charge >= 0.3 is 0 Å². The molecule has 1 atom stereocenters. The Bertz CT molecular complexity index is 3100. The fourth-order valence-corrected chi connectivity index (χ4v) is 10.4. The van der Waals surface area contributed by atoms with Crippen LogP contribution < -0.4 is 4.90 Å². The van der Waals surface area contributed by atoms with E-state index in [9.17, 15) is 0 Å². The molecule has 1 unspecified atom stereocenters. The van der Waals surface area contributed by atoms with E-state index < -0.39 is 0 Å². The van der Waals surface area contributed by atoms with Crippen LogP contribution in [0.1, 0.15) is 170 Å². The van der Waals surface area contributed by atoms with Crippen molar-refractivity contribution in [3.8, 4) is 22.3 Å². The Hall–Kier alpha value is -7.48. The Morgan fingerprint density at radius 3 is 1.74 bits per heavy atom. The summed E-state index contributed by atoms with van der Waals surface area (Å²) in [6.07, 6.45) is 23.4. The standard InChI is InChI=1S/C45H41N.C18H24.C8H14.3C2H6/c1-9-19-34(10-2)46(42-25-18-24-38(32(42)7)37-23-17-16-20-31(37)6)43-29-41-44(36(12-4)35(43)11-3)39-27-26-30(5)28-40(39)45(41,8)33-21-14-13-15-22-33;1-7-10-16(14(5)8-2)17-12-9-11-15(6)18(17)13(3)4;1-4-6-8(3)7-5-2;3*1-2/h9-29H,1-4H2,5-8H3;7-13H,2H2,1,3-6H3;4,6-7H,5H2,1-3H3;3*1-2H3/b34-19+;10-7-,16-14+;6-4-,8-7-;;;. The Morgan fingerprint density at radius 2 is 1.19 bits per heavy atom. The van der Waals surface area contributed by atoms with Gasteiger partial charge in [-0.3, -0.25) is 0 Å². The maximum atomic E-state index is 4.37. The molecule has 0 amide bonds. The first kappa shape index (κ1) is 66.6. The van der Waals surface area contributed by atoms with Gasteiger partial charge in [0.05, 0.1) is 5.69 Å². The SMILES string of the molecule is C/C=C\C(C)=C/CC.C=C/C(C)=C(\C=C/C)c1cccc(C)c1C(C)C.C=C/C=C(\C=C)N(c1cccc(-c2ccccc2C)c1C)c1cc2c(c(C=C)c1C=C)-c1ccc(C)cc1C2(C)c1ccccc1.CC.CC.CC. The number of nitrogens with zero attached hydrogens (tertiary/aromatic N) is 1. The molecule has 1 aliphatic rings. The summed E-state index contributed by atoms with van der Waals surface area (Å²) in [6.45, 7) is 59.0. The zero-order valence-electron chi connectivity index (χ0n) is 51.6. The highest BCUT2D eigenvalue weighted by Gasteiger charge is 2.43. The van der Waals surface area contributed by atoms with E-state index >= 15 is 0 Å². The van der Waals surface area contributed by atoms with E-state index in [-0.39, 0.29) is 5.41 Å². The number of rotatable bonds is 15. The number of fused-ring (bicyclic) bond motifs is 3. The van der Waals surface area contributed by atoms with Crippen LogP contribution in [0.5, 0.6) is 0 Å². The van der Waals surface area contributed by atoms with Crippen LogP contribution in [-0.4, -0.2) is 0 Å². The molecular weight excluding hydrogens is 939 g/mol. The highest BCUT2D eigenvalue weighted by Crippen LogP contribution is 2.57. The lowest BCUT2D eigenvalue weighted by atomic mass is 9.73. The highest BCUT2D eigenvalue weighted by molar-refractivity contribution is 5.97. The molecule has 0 bridgehead atoms. The largest absolute Gasteiger partial charge is 0.310 e. The van der Waals surface area contributed by atoms with Crippen molar-refractivity contribution in [2.75, 3.05) is 4.90 Å². The smallest absolute Gasteiger partial charge is 0.0543 e. The molecule has 0 radical (unpaired) electrons. The molecule has 1 heteroatoms. The number of allylic oxidation sites excluding steroid dienone is 12. The summed E-state index contributed by atoms with van der Waals surface area (Å²) in [7, 11) is 0. The summed E-state index contributed by atoms with van der Waals surface area (Å²) in [4.78, 5) is 2.32. The number of hydrogen-bond donors (Lipinski definition) is 0. The predicted molar refractivity (Wildman–Crippen MR) is 357 cm³/mol.